The Morgan fingerprint density at radius 3 is 2.44 bits per heavy atom. The Balaban J connectivity index is 2.90. The number of nitrogens with zero attached hydrogens (tertiary/aromatic N) is 2. The fourth-order valence-electron chi connectivity index (χ4n) is 1.21. The van der Waals surface area contributed by atoms with Crippen molar-refractivity contribution in [2.45, 2.75) is 51.0 Å². The van der Waals surface area contributed by atoms with Gasteiger partial charge in [-0.2, -0.15) is 11.8 Å². The van der Waals surface area contributed by atoms with Crippen molar-refractivity contribution in [3.05, 3.63) is 17.6 Å². The van der Waals surface area contributed by atoms with E-state index in [1.54, 1.807) is 0 Å². The third-order valence-electron chi connectivity index (χ3n) is 2.11. The number of rotatable bonds is 3. The summed E-state index contributed by atoms with van der Waals surface area (Å²) in [6.07, 6.45) is 0. The summed E-state index contributed by atoms with van der Waals surface area (Å²) in [6, 6.07) is 1.86. The van der Waals surface area contributed by atoms with Crippen molar-refractivity contribution >= 4 is 17.6 Å². The van der Waals surface area contributed by atoms with Gasteiger partial charge in [0, 0.05) is 11.5 Å². The average molecular weight is 239 g/mol. The predicted molar refractivity (Wildman–Crippen MR) is 71.6 cm³/mol. The van der Waals surface area contributed by atoms with Crippen LogP contribution in [0.2, 0.25) is 0 Å². The van der Waals surface area contributed by atoms with Gasteiger partial charge in [0.2, 0.25) is 0 Å². The van der Waals surface area contributed by atoms with Gasteiger partial charge in [-0.05, 0) is 5.25 Å². The highest BCUT2D eigenvalue weighted by atomic mass is 32.2. The lowest BCUT2D eigenvalue weighted by Gasteiger charge is -2.18. The van der Waals surface area contributed by atoms with Crippen molar-refractivity contribution in [3.8, 4) is 0 Å². The minimum atomic E-state index is 0.0221. The molecule has 0 aliphatic heterocycles. The zero-order valence-corrected chi connectivity index (χ0v) is 11.6. The van der Waals surface area contributed by atoms with Crippen LogP contribution in [0.15, 0.2) is 6.07 Å². The van der Waals surface area contributed by atoms with E-state index in [0.29, 0.717) is 11.1 Å². The van der Waals surface area contributed by atoms with E-state index in [9.17, 15) is 0 Å². The molecule has 0 atom stereocenters. The number of nitrogens with two attached hydrogens (primary N) is 1. The van der Waals surface area contributed by atoms with Crippen LogP contribution in [0.25, 0.3) is 0 Å². The van der Waals surface area contributed by atoms with Crippen molar-refractivity contribution in [1.82, 2.24) is 9.97 Å². The Morgan fingerprint density at radius 1 is 1.31 bits per heavy atom. The lowest BCUT2D eigenvalue weighted by Crippen LogP contribution is -2.16. The van der Waals surface area contributed by atoms with E-state index in [1.165, 1.54) is 0 Å². The predicted octanol–water partition coefficient (Wildman–Crippen LogP) is 3.00. The molecule has 0 aliphatic rings. The Labute approximate surface area is 102 Å². The van der Waals surface area contributed by atoms with Crippen LogP contribution in [0, 0.1) is 0 Å². The summed E-state index contributed by atoms with van der Waals surface area (Å²) >= 11 is 1.83. The van der Waals surface area contributed by atoms with Gasteiger partial charge in [-0.25, -0.2) is 9.97 Å². The fraction of sp³-hybridized carbons (Fsp3) is 0.667. The minimum Gasteiger partial charge on any atom is -0.384 e. The molecule has 2 N–H and O–H groups in total. The highest BCUT2D eigenvalue weighted by molar-refractivity contribution is 7.99. The first-order valence-corrected chi connectivity index (χ1v) is 6.59. The number of nitrogen functional groups attached to an aromatic ring is 1. The molecule has 0 spiro atoms. The van der Waals surface area contributed by atoms with E-state index in [2.05, 4.69) is 44.6 Å². The number of hydrogen-bond donors (Lipinski definition) is 1. The molecule has 16 heavy (non-hydrogen) atoms. The van der Waals surface area contributed by atoms with Gasteiger partial charge in [0.25, 0.3) is 0 Å². The van der Waals surface area contributed by atoms with Crippen LogP contribution in [0.1, 0.15) is 46.1 Å². The van der Waals surface area contributed by atoms with Crippen LogP contribution < -0.4 is 5.73 Å². The monoisotopic (exact) mass is 239 g/mol. The Hall–Kier alpha value is -0.770. The lowest BCUT2D eigenvalue weighted by atomic mass is 9.92. The second-order valence-corrected chi connectivity index (χ2v) is 6.77. The minimum absolute atomic E-state index is 0.0221. The number of aromatic nitrogens is 2. The zero-order chi connectivity index (χ0) is 12.3. The number of hydrogen-bond acceptors (Lipinski definition) is 4. The maximum Gasteiger partial charge on any atom is 0.140 e. The molecule has 90 valence electrons. The van der Waals surface area contributed by atoms with Gasteiger partial charge in [-0.1, -0.05) is 34.6 Å². The first-order chi connectivity index (χ1) is 7.29. The standard InChI is InChI=1S/C12H21N3S/c1-8(2)16-7-11-14-9(12(3,4)5)6-10(13)15-11/h6,8H,7H2,1-5H3,(H2,13,14,15). The van der Waals surface area contributed by atoms with Crippen molar-refractivity contribution in [2.75, 3.05) is 5.73 Å². The van der Waals surface area contributed by atoms with Gasteiger partial charge in [0.1, 0.15) is 11.6 Å². The fourth-order valence-corrected chi connectivity index (χ4v) is 1.82. The smallest absolute Gasteiger partial charge is 0.140 e. The molecule has 0 aliphatic carbocycles. The zero-order valence-electron chi connectivity index (χ0n) is 10.7. The van der Waals surface area contributed by atoms with Crippen LogP contribution >= 0.6 is 11.8 Å². The molecule has 1 aromatic rings. The molecule has 0 saturated heterocycles. The molecule has 4 heteroatoms. The van der Waals surface area contributed by atoms with Crippen LogP contribution in [-0.2, 0) is 11.2 Å². The number of thioether (sulfide) groups is 1. The first-order valence-electron chi connectivity index (χ1n) is 5.54. The van der Waals surface area contributed by atoms with E-state index in [-0.39, 0.29) is 5.41 Å². The van der Waals surface area contributed by atoms with Crippen LogP contribution in [-0.4, -0.2) is 15.2 Å². The van der Waals surface area contributed by atoms with Gasteiger partial charge < -0.3 is 5.73 Å². The SMILES string of the molecule is CC(C)SCc1nc(N)cc(C(C)(C)C)n1. The summed E-state index contributed by atoms with van der Waals surface area (Å²) in [6.45, 7) is 10.7. The molecule has 0 fully saturated rings. The maximum absolute atomic E-state index is 5.80. The molecule has 0 saturated carbocycles. The molecule has 0 unspecified atom stereocenters. The quantitative estimate of drug-likeness (QED) is 0.881. The molecule has 1 heterocycles. The Bertz CT molecular complexity index is 356. The summed E-state index contributed by atoms with van der Waals surface area (Å²) in [5, 5.41) is 0.586. The topological polar surface area (TPSA) is 51.8 Å². The molecule has 0 amide bonds. The molecule has 0 aromatic carbocycles. The normalized spacial score (nSPS) is 12.1. The number of anilines is 1. The van der Waals surface area contributed by atoms with Gasteiger partial charge >= 0.3 is 0 Å². The third-order valence-corrected chi connectivity index (χ3v) is 3.20. The summed E-state index contributed by atoms with van der Waals surface area (Å²) in [7, 11) is 0. The van der Waals surface area contributed by atoms with Gasteiger partial charge in [0.15, 0.2) is 0 Å². The largest absolute Gasteiger partial charge is 0.384 e. The average Bonchev–Trinajstić information content (AvgIpc) is 2.12. The summed E-state index contributed by atoms with van der Waals surface area (Å²) in [5.41, 5.74) is 6.84. The first kappa shape index (κ1) is 13.3. The van der Waals surface area contributed by atoms with Gasteiger partial charge in [-0.3, -0.25) is 0 Å². The van der Waals surface area contributed by atoms with Gasteiger partial charge in [-0.15, -0.1) is 0 Å². The molecule has 1 aromatic heterocycles. The summed E-state index contributed by atoms with van der Waals surface area (Å²) in [5.74, 6) is 2.23. The molecular weight excluding hydrogens is 218 g/mol. The Kier molecular flexibility index (Phi) is 4.19. The second kappa shape index (κ2) is 5.04. The van der Waals surface area contributed by atoms with E-state index in [0.717, 1.165) is 17.3 Å². The molecular formula is C12H21N3S. The van der Waals surface area contributed by atoms with Gasteiger partial charge in [0.05, 0.1) is 11.4 Å². The van der Waals surface area contributed by atoms with Crippen LogP contribution in [0.5, 0.6) is 0 Å². The lowest BCUT2D eigenvalue weighted by molar-refractivity contribution is 0.564. The van der Waals surface area contributed by atoms with Crippen LogP contribution in [0.3, 0.4) is 0 Å². The summed E-state index contributed by atoms with van der Waals surface area (Å²) in [4.78, 5) is 8.83. The summed E-state index contributed by atoms with van der Waals surface area (Å²) < 4.78 is 0. The maximum atomic E-state index is 5.80. The third kappa shape index (κ3) is 4.00. The van der Waals surface area contributed by atoms with Crippen molar-refractivity contribution < 1.29 is 0 Å². The molecule has 0 bridgehead atoms. The van der Waals surface area contributed by atoms with E-state index in [1.807, 2.05) is 17.8 Å². The van der Waals surface area contributed by atoms with Crippen LogP contribution in [0.4, 0.5) is 5.82 Å². The van der Waals surface area contributed by atoms with Crippen molar-refractivity contribution in [1.29, 1.82) is 0 Å². The van der Waals surface area contributed by atoms with E-state index >= 15 is 0 Å². The van der Waals surface area contributed by atoms with E-state index < -0.39 is 0 Å². The van der Waals surface area contributed by atoms with Crippen molar-refractivity contribution in [2.24, 2.45) is 0 Å². The molecule has 1 rings (SSSR count). The highest BCUT2D eigenvalue weighted by Gasteiger charge is 2.17. The van der Waals surface area contributed by atoms with Crippen molar-refractivity contribution in [3.63, 3.8) is 0 Å². The molecule has 0 radical (unpaired) electrons. The second-order valence-electron chi connectivity index (χ2n) is 5.20. The van der Waals surface area contributed by atoms with E-state index in [4.69, 9.17) is 5.73 Å². The Morgan fingerprint density at radius 2 is 1.94 bits per heavy atom. The highest BCUT2D eigenvalue weighted by Crippen LogP contribution is 2.23. The molecule has 3 nitrogen and oxygen atoms in total.